The molecule has 172 valence electrons. The lowest BCUT2D eigenvalue weighted by Crippen LogP contribution is -2.33. The van der Waals surface area contributed by atoms with Crippen molar-refractivity contribution in [2.75, 3.05) is 13.1 Å². The molecule has 2 aromatic carbocycles. The molecule has 0 radical (unpaired) electrons. The van der Waals surface area contributed by atoms with E-state index < -0.39 is 0 Å². The Morgan fingerprint density at radius 1 is 0.970 bits per heavy atom. The molecule has 5 heteroatoms. The zero-order valence-corrected chi connectivity index (χ0v) is 19.8. The van der Waals surface area contributed by atoms with Crippen LogP contribution in [0.5, 0.6) is 0 Å². The largest absolute Gasteiger partial charge is 0.333 e. The van der Waals surface area contributed by atoms with E-state index in [0.717, 1.165) is 36.4 Å². The van der Waals surface area contributed by atoms with Crippen LogP contribution in [0.2, 0.25) is 0 Å². The Balaban J connectivity index is 1.76. The van der Waals surface area contributed by atoms with Gasteiger partial charge in [0, 0.05) is 22.7 Å². The van der Waals surface area contributed by atoms with E-state index in [2.05, 4.69) is 65.5 Å². The van der Waals surface area contributed by atoms with Gasteiger partial charge in [0.25, 0.3) is 5.56 Å². The van der Waals surface area contributed by atoms with Crippen molar-refractivity contribution in [1.82, 2.24) is 19.2 Å². The predicted octanol–water partition coefficient (Wildman–Crippen LogP) is 4.22. The molecule has 5 nitrogen and oxygen atoms in total. The third-order valence-electron chi connectivity index (χ3n) is 6.15. The molecule has 0 aliphatic carbocycles. The van der Waals surface area contributed by atoms with Gasteiger partial charge in [-0.15, -0.1) is 0 Å². The zero-order valence-electron chi connectivity index (χ0n) is 19.8. The molecule has 0 aliphatic heterocycles. The Hall–Kier alpha value is -3.31. The maximum atomic E-state index is 13.2. The normalized spacial score (nSPS) is 12.3. The van der Waals surface area contributed by atoms with E-state index in [4.69, 9.17) is 0 Å². The average molecular weight is 443 g/mol. The second-order valence-electron chi connectivity index (χ2n) is 8.66. The van der Waals surface area contributed by atoms with Crippen LogP contribution in [0.4, 0.5) is 0 Å². The molecule has 1 N–H and O–H groups in total. The molecule has 0 unspecified atom stereocenters. The van der Waals surface area contributed by atoms with Gasteiger partial charge in [-0.3, -0.25) is 14.8 Å². The van der Waals surface area contributed by atoms with Crippen molar-refractivity contribution in [3.63, 3.8) is 0 Å². The zero-order chi connectivity index (χ0) is 23.2. The highest BCUT2D eigenvalue weighted by atomic mass is 16.1. The monoisotopic (exact) mass is 442 g/mol. The lowest BCUT2D eigenvalue weighted by Gasteiger charge is -2.23. The molecule has 0 saturated heterocycles. The van der Waals surface area contributed by atoms with Crippen molar-refractivity contribution in [2.24, 2.45) is 0 Å². The minimum Gasteiger partial charge on any atom is -0.333 e. The third kappa shape index (κ3) is 5.04. The third-order valence-corrected chi connectivity index (χ3v) is 6.15. The van der Waals surface area contributed by atoms with Gasteiger partial charge in [-0.1, -0.05) is 69.7 Å². The topological polar surface area (TPSA) is 46.0 Å². The smallest absolute Gasteiger partial charge is 0.279 e. The molecule has 0 fully saturated rings. The molecule has 0 amide bonds. The maximum absolute atomic E-state index is 13.2. The number of hydrogen-bond acceptors (Lipinski definition) is 2. The van der Waals surface area contributed by atoms with Gasteiger partial charge in [-0.25, -0.2) is 4.68 Å². The summed E-state index contributed by atoms with van der Waals surface area (Å²) < 4.78 is 3.88. The molecule has 2 aromatic heterocycles. The second-order valence-corrected chi connectivity index (χ2v) is 8.66. The molecular formula is C28H34N4O. The van der Waals surface area contributed by atoms with Crippen LogP contribution in [0.1, 0.15) is 45.1 Å². The predicted molar refractivity (Wildman–Crippen MR) is 138 cm³/mol. The number of para-hydroxylation sites is 2. The highest BCUT2D eigenvalue weighted by Crippen LogP contribution is 2.22. The summed E-state index contributed by atoms with van der Waals surface area (Å²) in [5.41, 5.74) is 2.94. The van der Waals surface area contributed by atoms with Gasteiger partial charge >= 0.3 is 0 Å². The Labute approximate surface area is 195 Å². The number of rotatable bonds is 10. The van der Waals surface area contributed by atoms with Crippen molar-refractivity contribution < 1.29 is 0 Å². The van der Waals surface area contributed by atoms with Crippen LogP contribution in [-0.4, -0.2) is 32.3 Å². The van der Waals surface area contributed by atoms with Gasteiger partial charge in [0.15, 0.2) is 0 Å². The number of benzene rings is 2. The Kier molecular flexibility index (Phi) is 7.30. The number of nitrogens with one attached hydrogen (secondary N) is 1. The Bertz CT molecular complexity index is 1350. The van der Waals surface area contributed by atoms with Crippen LogP contribution in [-0.2, 0) is 6.67 Å². The highest BCUT2D eigenvalue weighted by Gasteiger charge is 2.12. The molecule has 0 bridgehead atoms. The highest BCUT2D eigenvalue weighted by molar-refractivity contribution is 5.89. The van der Waals surface area contributed by atoms with Crippen LogP contribution >= 0.6 is 0 Å². The molecule has 0 spiro atoms. The van der Waals surface area contributed by atoms with Gasteiger partial charge < -0.3 is 4.57 Å². The summed E-state index contributed by atoms with van der Waals surface area (Å²) in [5.74, 6) is 0. The summed E-state index contributed by atoms with van der Waals surface area (Å²) in [7, 11) is 0. The second kappa shape index (κ2) is 10.5. The molecule has 0 aliphatic rings. The van der Waals surface area contributed by atoms with E-state index in [-0.39, 0.29) is 5.56 Å². The van der Waals surface area contributed by atoms with E-state index in [0.29, 0.717) is 10.6 Å². The quantitative estimate of drug-likeness (QED) is 0.400. The lowest BCUT2D eigenvalue weighted by molar-refractivity contribution is 0.215. The molecule has 0 saturated carbocycles. The summed E-state index contributed by atoms with van der Waals surface area (Å²) in [6.45, 7) is 11.6. The maximum Gasteiger partial charge on any atom is 0.279 e. The number of hydrogen-bond donors (Lipinski definition) is 1. The molecule has 2 heterocycles. The summed E-state index contributed by atoms with van der Waals surface area (Å²) in [6.07, 6.45) is 8.95. The van der Waals surface area contributed by atoms with Crippen molar-refractivity contribution in [3.8, 4) is 5.69 Å². The van der Waals surface area contributed by atoms with Crippen LogP contribution < -0.4 is 16.1 Å². The molecule has 0 atom stereocenters. The minimum atomic E-state index is -0.0875. The number of H-pyrrole nitrogens is 1. The van der Waals surface area contributed by atoms with Crippen molar-refractivity contribution in [2.45, 2.75) is 46.2 Å². The molecular weight excluding hydrogens is 408 g/mol. The van der Waals surface area contributed by atoms with Gasteiger partial charge in [-0.2, -0.15) is 0 Å². The van der Waals surface area contributed by atoms with Crippen LogP contribution in [0.25, 0.3) is 29.2 Å². The first kappa shape index (κ1) is 22.9. The number of nitrogens with zero attached hydrogens (tertiary/aromatic N) is 3. The Morgan fingerprint density at radius 2 is 1.64 bits per heavy atom. The number of unbranched alkanes of at least 4 members (excludes halogenated alkanes) is 2. The Morgan fingerprint density at radius 3 is 2.33 bits per heavy atom. The van der Waals surface area contributed by atoms with Gasteiger partial charge in [0.1, 0.15) is 0 Å². The van der Waals surface area contributed by atoms with Crippen molar-refractivity contribution in [3.05, 3.63) is 87.3 Å². The van der Waals surface area contributed by atoms with E-state index in [9.17, 15) is 4.79 Å². The standard InChI is InChI=1S/C28H34N4O/c1-4-6-17-30(18-7-5-2)21-31-20-23(25-15-11-12-16-27(25)31)19-26-22(3)29-32(28(26)33)24-13-9-8-10-14-24/h8-16,19-20,29H,3-7,17-18,21H2,1-2H3/b26-19+. The lowest BCUT2D eigenvalue weighted by atomic mass is 10.1. The first-order valence-corrected chi connectivity index (χ1v) is 12.0. The van der Waals surface area contributed by atoms with Gasteiger partial charge in [-0.05, 0) is 50.2 Å². The molecule has 4 rings (SSSR count). The minimum absolute atomic E-state index is 0.0875. The first-order valence-electron chi connectivity index (χ1n) is 12.0. The van der Waals surface area contributed by atoms with Crippen molar-refractivity contribution >= 4 is 23.6 Å². The summed E-state index contributed by atoms with van der Waals surface area (Å²) in [4.78, 5) is 15.7. The number of fused-ring (bicyclic) bond motifs is 1. The average Bonchev–Trinajstić information content (AvgIpc) is 3.33. The van der Waals surface area contributed by atoms with Crippen LogP contribution in [0.15, 0.2) is 65.6 Å². The molecule has 4 aromatic rings. The SMILES string of the molecule is C=c1[nH]n(-c2ccccc2)c(=O)/c1=C/c1cn(CN(CCCC)CCCC)c2ccccc12. The number of aromatic nitrogens is 3. The summed E-state index contributed by atoms with van der Waals surface area (Å²) >= 11 is 0. The fourth-order valence-electron chi connectivity index (χ4n) is 4.30. The van der Waals surface area contributed by atoms with Crippen molar-refractivity contribution in [1.29, 1.82) is 0 Å². The van der Waals surface area contributed by atoms with E-state index in [1.165, 1.54) is 31.2 Å². The van der Waals surface area contributed by atoms with Gasteiger partial charge in [0.05, 0.1) is 22.9 Å². The van der Waals surface area contributed by atoms with E-state index >= 15 is 0 Å². The fraction of sp³-hybridized carbons (Fsp3) is 0.321. The van der Waals surface area contributed by atoms with Crippen LogP contribution in [0, 0.1) is 0 Å². The fourth-order valence-corrected chi connectivity index (χ4v) is 4.30. The van der Waals surface area contributed by atoms with Crippen LogP contribution in [0.3, 0.4) is 0 Å². The summed E-state index contributed by atoms with van der Waals surface area (Å²) in [6, 6.07) is 18.0. The molecule has 33 heavy (non-hydrogen) atoms. The number of aromatic amines is 1. The first-order chi connectivity index (χ1) is 16.1. The summed E-state index contributed by atoms with van der Waals surface area (Å²) in [5, 5.41) is 5.49. The van der Waals surface area contributed by atoms with E-state index in [1.54, 1.807) is 4.68 Å². The van der Waals surface area contributed by atoms with E-state index in [1.807, 2.05) is 36.4 Å². The van der Waals surface area contributed by atoms with Gasteiger partial charge in [0.2, 0.25) is 0 Å².